The molecule has 0 saturated carbocycles. The average Bonchev–Trinajstić information content (AvgIpc) is 3.43. The van der Waals surface area contributed by atoms with E-state index in [9.17, 15) is 23.7 Å². The van der Waals surface area contributed by atoms with Crippen LogP contribution in [0.25, 0.3) is 0 Å². The molecule has 15 heteroatoms. The first-order valence-electron chi connectivity index (χ1n) is 8.61. The fourth-order valence-electron chi connectivity index (χ4n) is 3.26. The number of β-lactam (4-membered cyclic amide) rings is 1. The third-order valence-corrected chi connectivity index (χ3v) is 10.2. The number of tetrazole rings is 1. The van der Waals surface area contributed by atoms with Gasteiger partial charge in [-0.3, -0.25) is 14.4 Å². The lowest BCUT2D eigenvalue weighted by Crippen LogP contribution is -2.74. The predicted octanol–water partition coefficient (Wildman–Crippen LogP) is 0.279. The number of thiophene rings is 1. The van der Waals surface area contributed by atoms with E-state index in [-0.39, 0.29) is 18.1 Å². The molecule has 2 aliphatic heterocycles. The van der Waals surface area contributed by atoms with E-state index in [1.807, 2.05) is 0 Å². The van der Waals surface area contributed by atoms with Crippen molar-refractivity contribution in [3.63, 3.8) is 0 Å². The molecule has 2 aliphatic rings. The number of carboxylic acids is 1. The number of fused-ring (bicyclic) bond motifs is 1. The topological polar surface area (TPSA) is 149 Å². The Balaban J connectivity index is 1.51. The Morgan fingerprint density at radius 1 is 1.53 bits per heavy atom. The van der Waals surface area contributed by atoms with Crippen LogP contribution in [0, 0.1) is 5.41 Å². The molecular formula is C15H16N6O5S4. The Labute approximate surface area is 185 Å². The zero-order valence-corrected chi connectivity index (χ0v) is 18.7. The van der Waals surface area contributed by atoms with Crippen molar-refractivity contribution in [3.8, 4) is 0 Å². The van der Waals surface area contributed by atoms with Crippen LogP contribution in [0.5, 0.6) is 0 Å². The summed E-state index contributed by atoms with van der Waals surface area (Å²) in [6, 6.07) is 2.49. The summed E-state index contributed by atoms with van der Waals surface area (Å²) in [4.78, 5) is 38.7. The van der Waals surface area contributed by atoms with Crippen LogP contribution in [0.3, 0.4) is 0 Å². The van der Waals surface area contributed by atoms with Crippen LogP contribution in [0.15, 0.2) is 26.9 Å². The van der Waals surface area contributed by atoms with Gasteiger partial charge < -0.3 is 10.0 Å². The molecule has 0 aliphatic carbocycles. The molecule has 2 fully saturated rings. The zero-order chi connectivity index (χ0) is 21.5. The molecule has 30 heavy (non-hydrogen) atoms. The van der Waals surface area contributed by atoms with E-state index in [4.69, 9.17) is 0 Å². The normalized spacial score (nSPS) is 26.6. The minimum absolute atomic E-state index is 0.00241. The number of carboxylic acid groups (broad SMARTS) is 1. The van der Waals surface area contributed by atoms with E-state index in [0.717, 1.165) is 16.1 Å². The van der Waals surface area contributed by atoms with Crippen molar-refractivity contribution in [3.05, 3.63) is 17.5 Å². The summed E-state index contributed by atoms with van der Waals surface area (Å²) in [6.45, 7) is 1.27. The maximum atomic E-state index is 12.9. The minimum atomic E-state index is -1.79. The van der Waals surface area contributed by atoms with Crippen molar-refractivity contribution in [2.24, 2.45) is 5.41 Å². The fourth-order valence-corrected chi connectivity index (χ4v) is 8.19. The van der Waals surface area contributed by atoms with E-state index in [1.165, 1.54) is 34.9 Å². The number of hydrogen-bond donors (Lipinski definition) is 2. The lowest BCUT2D eigenvalue weighted by atomic mass is 9.89. The summed E-state index contributed by atoms with van der Waals surface area (Å²) in [5, 5.41) is 24.9. The molecule has 4 rings (SSSR count). The van der Waals surface area contributed by atoms with E-state index in [0.29, 0.717) is 9.37 Å². The van der Waals surface area contributed by atoms with Crippen LogP contribution in [-0.2, 0) is 25.4 Å². The van der Waals surface area contributed by atoms with E-state index < -0.39 is 45.6 Å². The number of nitrogens with zero attached hydrogens (tertiary/aromatic N) is 5. The summed E-state index contributed by atoms with van der Waals surface area (Å²) in [6.07, 6.45) is 0. The smallest absolute Gasteiger partial charge is 0.313 e. The zero-order valence-electron chi connectivity index (χ0n) is 15.5. The van der Waals surface area contributed by atoms with Crippen LogP contribution in [0.4, 0.5) is 0 Å². The molecule has 3 unspecified atom stereocenters. The van der Waals surface area contributed by atoms with E-state index >= 15 is 0 Å². The number of hydrogen-bond acceptors (Lipinski definition) is 10. The Bertz CT molecular complexity index is 986. The van der Waals surface area contributed by atoms with Crippen LogP contribution in [-0.4, -0.2) is 86.4 Å². The summed E-state index contributed by atoms with van der Waals surface area (Å²) in [5.41, 5.74) is -1.19. The molecular weight excluding hydrogens is 472 g/mol. The second-order valence-corrected chi connectivity index (χ2v) is 11.3. The largest absolute Gasteiger partial charge is 0.481 e. The van der Waals surface area contributed by atoms with Gasteiger partial charge in [-0.05, 0) is 16.7 Å². The summed E-state index contributed by atoms with van der Waals surface area (Å²) in [5.74, 6) is -1.50. The Hall–Kier alpha value is -1.97. The Morgan fingerprint density at radius 3 is 2.93 bits per heavy atom. The van der Waals surface area contributed by atoms with Crippen molar-refractivity contribution >= 4 is 63.6 Å². The number of amides is 2. The van der Waals surface area contributed by atoms with Gasteiger partial charge in [-0.15, -0.1) is 33.3 Å². The second-order valence-electron chi connectivity index (χ2n) is 6.71. The lowest BCUT2D eigenvalue weighted by molar-refractivity contribution is -0.161. The van der Waals surface area contributed by atoms with Crippen molar-refractivity contribution in [2.45, 2.75) is 27.7 Å². The second kappa shape index (κ2) is 8.28. The Morgan fingerprint density at radius 2 is 2.33 bits per heavy atom. The molecule has 0 radical (unpaired) electrons. The molecule has 2 aromatic heterocycles. The number of thioether (sulfide) groups is 2. The first kappa shape index (κ1) is 21.3. The van der Waals surface area contributed by atoms with Crippen LogP contribution >= 0.6 is 34.9 Å². The molecule has 2 aromatic rings. The molecule has 2 saturated heterocycles. The number of aromatic nitrogens is 4. The fraction of sp³-hybridized carbons (Fsp3) is 0.467. The molecule has 0 aromatic carbocycles. The number of rotatable bonds is 7. The van der Waals surface area contributed by atoms with Gasteiger partial charge in [0.05, 0.1) is 0 Å². The molecule has 4 atom stereocenters. The van der Waals surface area contributed by atoms with Crippen molar-refractivity contribution in [1.82, 2.24) is 29.8 Å². The highest BCUT2D eigenvalue weighted by Crippen LogP contribution is 2.46. The maximum absolute atomic E-state index is 12.9. The first-order chi connectivity index (χ1) is 14.3. The van der Waals surface area contributed by atoms with Gasteiger partial charge in [0.1, 0.15) is 15.0 Å². The molecule has 0 spiro atoms. The van der Waals surface area contributed by atoms with Gasteiger partial charge in [-0.2, -0.15) is 5.21 Å². The van der Waals surface area contributed by atoms with Crippen LogP contribution in [0.2, 0.25) is 0 Å². The molecule has 160 valence electrons. The number of carbonyl (C=O) groups is 3. The molecule has 2 N–H and O–H groups in total. The van der Waals surface area contributed by atoms with Gasteiger partial charge in [0.15, 0.2) is 17.0 Å². The Kier molecular flexibility index (Phi) is 5.87. The number of nitrogens with one attached hydrogen (secondary N) is 1. The van der Waals surface area contributed by atoms with E-state index in [1.54, 1.807) is 17.5 Å². The summed E-state index contributed by atoms with van der Waals surface area (Å²) < 4.78 is 14.5. The van der Waals surface area contributed by atoms with Gasteiger partial charge in [0, 0.05) is 25.0 Å². The average molecular weight is 489 g/mol. The monoisotopic (exact) mass is 488 g/mol. The third kappa shape index (κ3) is 3.63. The van der Waals surface area contributed by atoms with E-state index in [2.05, 4.69) is 20.6 Å². The molecule has 11 nitrogen and oxygen atoms in total. The highest BCUT2D eigenvalue weighted by atomic mass is 32.2. The number of H-pyrrole nitrogens is 1. The van der Waals surface area contributed by atoms with Crippen molar-refractivity contribution in [2.75, 3.05) is 18.1 Å². The lowest BCUT2D eigenvalue weighted by Gasteiger charge is -2.55. The first-order valence-corrected chi connectivity index (χ1v) is 12.6. The quantitative estimate of drug-likeness (QED) is 0.411. The van der Waals surface area contributed by atoms with Gasteiger partial charge in [-0.1, -0.05) is 17.8 Å². The van der Waals surface area contributed by atoms with Gasteiger partial charge in [0.25, 0.3) is 5.91 Å². The highest BCUT2D eigenvalue weighted by Gasteiger charge is 2.60. The number of aliphatic carboxylic acids is 1. The molecule has 0 bridgehead atoms. The van der Waals surface area contributed by atoms with Crippen LogP contribution < -0.4 is 0 Å². The number of aromatic amines is 1. The standard InChI is InChI=1S/C15H16N6O5S4/c1-8(22)21(30(26)9-3-2-4-27-9)10-11(23)20-5-15(13(24)25,6-28-12(10)20)7-29-14-16-18-19-17-14/h2-4,10,12H,5-7H2,1H3,(H,24,25)(H,16,17,18,19)/t10?,12-,15?,30?/m1/s1. The summed E-state index contributed by atoms with van der Waals surface area (Å²) in [7, 11) is -1.79. The van der Waals surface area contributed by atoms with Crippen molar-refractivity contribution in [1.29, 1.82) is 0 Å². The van der Waals surface area contributed by atoms with Gasteiger partial charge >= 0.3 is 5.97 Å². The molecule has 2 amide bonds. The maximum Gasteiger partial charge on any atom is 0.313 e. The van der Waals surface area contributed by atoms with Gasteiger partial charge in [0.2, 0.25) is 11.1 Å². The predicted molar refractivity (Wildman–Crippen MR) is 110 cm³/mol. The summed E-state index contributed by atoms with van der Waals surface area (Å²) >= 11 is 3.67. The van der Waals surface area contributed by atoms with Crippen LogP contribution in [0.1, 0.15) is 6.92 Å². The highest BCUT2D eigenvalue weighted by molar-refractivity contribution is 8.00. The SMILES string of the molecule is CC(=O)N(C1C(=O)N2CC(CSc3nn[nH]n3)(C(=O)O)CS[C@H]12)S(=O)c1cccs1. The van der Waals surface area contributed by atoms with Gasteiger partial charge in [-0.25, -0.2) is 8.51 Å². The third-order valence-electron chi connectivity index (χ3n) is 4.78. The minimum Gasteiger partial charge on any atom is -0.481 e. The number of carbonyl (C=O) groups excluding carboxylic acids is 2. The van der Waals surface area contributed by atoms with Crippen molar-refractivity contribution < 1.29 is 23.7 Å². The molecule has 4 heterocycles.